The zero-order valence-electron chi connectivity index (χ0n) is 25.5. The molecule has 2 aliphatic heterocycles. The Morgan fingerprint density at radius 2 is 1.78 bits per heavy atom. The summed E-state index contributed by atoms with van der Waals surface area (Å²) >= 11 is 0. The molecule has 0 saturated heterocycles. The molecule has 4 atom stereocenters. The van der Waals surface area contributed by atoms with E-state index in [1.165, 1.54) is 0 Å². The normalized spacial score (nSPS) is 22.6. The molecule has 2 aromatic rings. The number of aliphatic hydroxyl groups excluding tert-OH is 1. The summed E-state index contributed by atoms with van der Waals surface area (Å²) in [5, 5.41) is 10.1. The largest absolute Gasteiger partial charge is 0.490 e. The van der Waals surface area contributed by atoms with Gasteiger partial charge in [-0.1, -0.05) is 13.0 Å². The molecule has 0 bridgehead atoms. The number of carbonyl (C=O) groups excluding carboxylic acids is 1. The number of aliphatic hydroxyl groups is 1. The van der Waals surface area contributed by atoms with Gasteiger partial charge in [-0.25, -0.2) is 0 Å². The van der Waals surface area contributed by atoms with E-state index in [0.29, 0.717) is 31.0 Å². The third-order valence-corrected chi connectivity index (χ3v) is 7.93. The maximum Gasteiger partial charge on any atom is 0.258 e. The molecule has 0 aliphatic carbocycles. The maximum absolute atomic E-state index is 14.1. The minimum Gasteiger partial charge on any atom is -0.490 e. The minimum atomic E-state index is -0.363. The second-order valence-electron chi connectivity index (χ2n) is 11.8. The van der Waals surface area contributed by atoms with Gasteiger partial charge in [0.2, 0.25) is 6.79 Å². The van der Waals surface area contributed by atoms with Gasteiger partial charge in [0.05, 0.1) is 30.4 Å². The Bertz CT molecular complexity index is 1160. The topological polar surface area (TPSA) is 83.9 Å². The van der Waals surface area contributed by atoms with Gasteiger partial charge in [-0.3, -0.25) is 9.69 Å². The standard InChI is InChI=1S/C32H47N3O6/c1-22-17-35(23(2)20-36)32(37)27-16-26(33(4)5)11-13-28(27)41-24(3)9-7-8-14-38-31(22)19-34(6)18-25-10-12-29-30(15-25)40-21-39-29/h10-13,15-16,22-24,31,36H,7-9,14,17-21H2,1-6H3/t22-,23-,24+,31-/m0/s1. The molecule has 2 aliphatic rings. The first kappa shape index (κ1) is 30.9. The highest BCUT2D eigenvalue weighted by Crippen LogP contribution is 2.33. The summed E-state index contributed by atoms with van der Waals surface area (Å²) in [5.74, 6) is 2.02. The van der Waals surface area contributed by atoms with Crippen LogP contribution in [0.5, 0.6) is 17.2 Å². The summed E-state index contributed by atoms with van der Waals surface area (Å²) in [6.07, 6.45) is 2.64. The van der Waals surface area contributed by atoms with Crippen molar-refractivity contribution in [3.63, 3.8) is 0 Å². The van der Waals surface area contributed by atoms with Crippen molar-refractivity contribution in [2.75, 3.05) is 59.1 Å². The number of fused-ring (bicyclic) bond motifs is 2. The number of amides is 1. The summed E-state index contributed by atoms with van der Waals surface area (Å²) < 4.78 is 23.8. The number of ether oxygens (including phenoxy) is 4. The van der Waals surface area contributed by atoms with E-state index in [1.807, 2.05) is 63.2 Å². The molecule has 2 heterocycles. The lowest BCUT2D eigenvalue weighted by Gasteiger charge is -2.36. The van der Waals surface area contributed by atoms with Crippen molar-refractivity contribution < 1.29 is 28.8 Å². The predicted molar refractivity (Wildman–Crippen MR) is 160 cm³/mol. The van der Waals surface area contributed by atoms with Gasteiger partial charge in [0.15, 0.2) is 11.5 Å². The van der Waals surface area contributed by atoms with Crippen LogP contribution >= 0.6 is 0 Å². The Kier molecular flexibility index (Phi) is 10.8. The smallest absolute Gasteiger partial charge is 0.258 e. The summed E-state index contributed by atoms with van der Waals surface area (Å²) in [6, 6.07) is 11.5. The van der Waals surface area contributed by atoms with Gasteiger partial charge >= 0.3 is 0 Å². The molecule has 0 aromatic heterocycles. The van der Waals surface area contributed by atoms with Gasteiger partial charge in [-0.05, 0) is 76.1 Å². The van der Waals surface area contributed by atoms with Crippen LogP contribution in [-0.4, -0.2) is 93.3 Å². The highest BCUT2D eigenvalue weighted by atomic mass is 16.7. The molecule has 0 fully saturated rings. The number of rotatable bonds is 7. The van der Waals surface area contributed by atoms with E-state index in [0.717, 1.165) is 48.6 Å². The molecule has 0 radical (unpaired) electrons. The first-order valence-electron chi connectivity index (χ1n) is 14.7. The van der Waals surface area contributed by atoms with Crippen LogP contribution in [0, 0.1) is 5.92 Å². The molecule has 1 N–H and O–H groups in total. The van der Waals surface area contributed by atoms with Crippen molar-refractivity contribution in [3.05, 3.63) is 47.5 Å². The van der Waals surface area contributed by atoms with Gasteiger partial charge in [0.1, 0.15) is 5.75 Å². The van der Waals surface area contributed by atoms with E-state index in [9.17, 15) is 9.90 Å². The van der Waals surface area contributed by atoms with Crippen molar-refractivity contribution in [1.82, 2.24) is 9.80 Å². The van der Waals surface area contributed by atoms with Crippen LogP contribution in [0.1, 0.15) is 56.0 Å². The maximum atomic E-state index is 14.1. The minimum absolute atomic E-state index is 0.0235. The van der Waals surface area contributed by atoms with Gasteiger partial charge in [0, 0.05) is 51.9 Å². The van der Waals surface area contributed by atoms with Gasteiger partial charge in [0.25, 0.3) is 5.91 Å². The van der Waals surface area contributed by atoms with E-state index in [1.54, 1.807) is 4.90 Å². The molecule has 9 nitrogen and oxygen atoms in total. The molecular formula is C32H47N3O6. The SMILES string of the molecule is C[C@@H]1CCCCO[C@@H](CN(C)Cc2ccc3c(c2)OCO3)[C@@H](C)CN([C@@H](C)CO)C(=O)c2cc(N(C)C)ccc2O1. The van der Waals surface area contributed by atoms with Crippen LogP contribution in [0.3, 0.4) is 0 Å². The molecule has 1 amide bonds. The van der Waals surface area contributed by atoms with Crippen molar-refractivity contribution in [2.24, 2.45) is 5.92 Å². The number of hydrogen-bond acceptors (Lipinski definition) is 8. The van der Waals surface area contributed by atoms with E-state index in [-0.39, 0.29) is 43.5 Å². The van der Waals surface area contributed by atoms with E-state index >= 15 is 0 Å². The molecular weight excluding hydrogens is 522 g/mol. The Morgan fingerprint density at radius 3 is 2.54 bits per heavy atom. The number of likely N-dealkylation sites (N-methyl/N-ethyl adjacent to an activating group) is 1. The number of benzene rings is 2. The summed E-state index contributed by atoms with van der Waals surface area (Å²) in [5.41, 5.74) is 2.58. The molecule has 9 heteroatoms. The van der Waals surface area contributed by atoms with Crippen LogP contribution in [-0.2, 0) is 11.3 Å². The van der Waals surface area contributed by atoms with Gasteiger partial charge in [-0.15, -0.1) is 0 Å². The molecule has 0 saturated carbocycles. The second-order valence-corrected chi connectivity index (χ2v) is 11.8. The van der Waals surface area contributed by atoms with E-state index in [2.05, 4.69) is 24.9 Å². The average Bonchev–Trinajstić information content (AvgIpc) is 3.42. The summed E-state index contributed by atoms with van der Waals surface area (Å²) in [6.45, 7) is 8.71. The molecule has 0 spiro atoms. The van der Waals surface area contributed by atoms with Crippen molar-refractivity contribution in [3.8, 4) is 17.2 Å². The van der Waals surface area contributed by atoms with E-state index in [4.69, 9.17) is 18.9 Å². The number of nitrogens with zero attached hydrogens (tertiary/aromatic N) is 3. The van der Waals surface area contributed by atoms with Crippen LogP contribution in [0.25, 0.3) is 0 Å². The highest BCUT2D eigenvalue weighted by molar-refractivity contribution is 5.98. The summed E-state index contributed by atoms with van der Waals surface area (Å²) in [4.78, 5) is 20.1. The number of hydrogen-bond donors (Lipinski definition) is 1. The third-order valence-electron chi connectivity index (χ3n) is 7.93. The lowest BCUT2D eigenvalue weighted by Crippen LogP contribution is -2.47. The Labute approximate surface area is 244 Å². The fourth-order valence-electron chi connectivity index (χ4n) is 5.37. The fourth-order valence-corrected chi connectivity index (χ4v) is 5.37. The van der Waals surface area contributed by atoms with Crippen molar-refractivity contribution >= 4 is 11.6 Å². The van der Waals surface area contributed by atoms with Crippen LogP contribution in [0.2, 0.25) is 0 Å². The van der Waals surface area contributed by atoms with Crippen molar-refractivity contribution in [2.45, 2.75) is 64.8 Å². The third kappa shape index (κ3) is 8.05. The molecule has 4 rings (SSSR count). The molecule has 41 heavy (non-hydrogen) atoms. The van der Waals surface area contributed by atoms with Crippen LogP contribution in [0.15, 0.2) is 36.4 Å². The number of anilines is 1. The lowest BCUT2D eigenvalue weighted by molar-refractivity contribution is -0.0177. The first-order valence-corrected chi connectivity index (χ1v) is 14.7. The average molecular weight is 570 g/mol. The Balaban J connectivity index is 1.57. The monoisotopic (exact) mass is 569 g/mol. The quantitative estimate of drug-likeness (QED) is 0.525. The van der Waals surface area contributed by atoms with Gasteiger partial charge < -0.3 is 33.9 Å². The first-order chi connectivity index (χ1) is 19.7. The van der Waals surface area contributed by atoms with Gasteiger partial charge in [-0.2, -0.15) is 0 Å². The Hall–Kier alpha value is -3.01. The van der Waals surface area contributed by atoms with Crippen molar-refractivity contribution in [1.29, 1.82) is 0 Å². The number of carbonyl (C=O) groups is 1. The molecule has 0 unspecified atom stereocenters. The second kappa shape index (κ2) is 14.2. The van der Waals surface area contributed by atoms with Crippen LogP contribution in [0.4, 0.5) is 5.69 Å². The zero-order valence-corrected chi connectivity index (χ0v) is 25.5. The lowest BCUT2D eigenvalue weighted by atomic mass is 10.0. The molecule has 2 aromatic carbocycles. The molecule has 226 valence electrons. The summed E-state index contributed by atoms with van der Waals surface area (Å²) in [7, 11) is 6.00. The van der Waals surface area contributed by atoms with E-state index < -0.39 is 0 Å². The zero-order chi connectivity index (χ0) is 29.5. The highest BCUT2D eigenvalue weighted by Gasteiger charge is 2.30. The van der Waals surface area contributed by atoms with Crippen LogP contribution < -0.4 is 19.1 Å². The Morgan fingerprint density at radius 1 is 1.02 bits per heavy atom. The fraction of sp³-hybridized carbons (Fsp3) is 0.594. The predicted octanol–water partition coefficient (Wildman–Crippen LogP) is 4.41.